The first-order valence-electron chi connectivity index (χ1n) is 13.1. The summed E-state index contributed by atoms with van der Waals surface area (Å²) in [6.07, 6.45) is 2.57. The molecule has 0 aromatic heterocycles. The number of aliphatic carboxylic acids is 2. The maximum atomic E-state index is 11.0. The molecule has 6 radical (unpaired) electrons. The molecule has 0 aliphatic heterocycles. The second-order valence-corrected chi connectivity index (χ2v) is 8.03. The van der Waals surface area contributed by atoms with E-state index in [1.807, 2.05) is 91.0 Å². The minimum atomic E-state index is -1.26. The van der Waals surface area contributed by atoms with Crippen LogP contribution in [0.25, 0.3) is 0 Å². The van der Waals surface area contributed by atoms with Gasteiger partial charge in [0.2, 0.25) is 0 Å². The van der Waals surface area contributed by atoms with Crippen LogP contribution in [0.4, 0.5) is 0 Å². The number of carbonyl (C=O) groups excluding carboxylic acids is 1. The number of benzene rings is 5. The fourth-order valence-electron chi connectivity index (χ4n) is 2.65. The van der Waals surface area contributed by atoms with Crippen LogP contribution in [-0.2, 0) is 9.59 Å². The fraction of sp³-hybridized carbons (Fsp3) is 0.0556. The molecule has 9 heteroatoms. The van der Waals surface area contributed by atoms with Crippen LogP contribution in [0.15, 0.2) is 150 Å². The smallest absolute Gasteiger partial charge is 0.872 e. The number of aliphatic imine (C=N–C) groups is 2. The minimum absolute atomic E-state index is 0. The van der Waals surface area contributed by atoms with Crippen LogP contribution in [0.1, 0.15) is 11.1 Å². The summed E-state index contributed by atoms with van der Waals surface area (Å²) in [4.78, 5) is 27.2. The van der Waals surface area contributed by atoms with Gasteiger partial charge in [-0.1, -0.05) is 127 Å². The van der Waals surface area contributed by atoms with E-state index in [1.54, 1.807) is 36.4 Å². The van der Waals surface area contributed by atoms with Gasteiger partial charge in [0.1, 0.15) is 12.3 Å². The molecular formula is C36H31BiN2O6. The molecule has 0 unspecified atom stereocenters. The summed E-state index contributed by atoms with van der Waals surface area (Å²) in [5.41, 5.74) is 0.896. The molecule has 45 heavy (non-hydrogen) atoms. The van der Waals surface area contributed by atoms with E-state index < -0.39 is 18.5 Å². The van der Waals surface area contributed by atoms with Gasteiger partial charge in [-0.2, -0.15) is 0 Å². The average Bonchev–Trinajstić information content (AvgIpc) is 3.06. The Labute approximate surface area is 282 Å². The quantitative estimate of drug-likeness (QED) is 0.197. The monoisotopic (exact) mass is 796 g/mol. The minimum Gasteiger partial charge on any atom is -0.872 e. The molecule has 0 saturated heterocycles. The largest absolute Gasteiger partial charge is 2.00 e. The van der Waals surface area contributed by atoms with Crippen molar-refractivity contribution in [2.75, 3.05) is 13.1 Å². The molecule has 5 aromatic carbocycles. The number of carbonyl (C=O) groups is 2. The Bertz CT molecular complexity index is 1260. The molecule has 0 spiro atoms. The topological polar surface area (TPSA) is 145 Å². The maximum Gasteiger partial charge on any atom is 2.00 e. The van der Waals surface area contributed by atoms with Crippen LogP contribution in [-0.4, -0.2) is 73.9 Å². The molecule has 8 nitrogen and oxygen atoms in total. The molecule has 2 N–H and O–H groups in total. The first kappa shape index (κ1) is 39.9. The van der Waals surface area contributed by atoms with Crippen molar-refractivity contribution >= 4 is 50.6 Å². The van der Waals surface area contributed by atoms with Crippen molar-refractivity contribution in [3.63, 3.8) is 0 Å². The number of aromatic hydroxyl groups is 1. The van der Waals surface area contributed by atoms with Crippen LogP contribution >= 0.6 is 0 Å². The summed E-state index contributed by atoms with van der Waals surface area (Å²) in [5, 5.41) is 38.5. The van der Waals surface area contributed by atoms with E-state index in [-0.39, 0.29) is 44.2 Å². The summed E-state index contributed by atoms with van der Waals surface area (Å²) >= 11 is 0. The molecule has 0 bridgehead atoms. The van der Waals surface area contributed by atoms with E-state index in [4.69, 9.17) is 5.11 Å². The number of phenolic OH excluding ortho intramolecular Hbond substituents is 1. The summed E-state index contributed by atoms with van der Waals surface area (Å²) in [6, 6.07) is 50.3. The Kier molecular flexibility index (Phi) is 24.5. The van der Waals surface area contributed by atoms with Gasteiger partial charge in [-0.3, -0.25) is 14.8 Å². The molecule has 0 fully saturated rings. The van der Waals surface area contributed by atoms with Crippen molar-refractivity contribution in [3.05, 3.63) is 169 Å². The second-order valence-electron chi connectivity index (χ2n) is 8.03. The molecule has 0 aliphatic carbocycles. The predicted molar refractivity (Wildman–Crippen MR) is 173 cm³/mol. The van der Waals surface area contributed by atoms with Crippen molar-refractivity contribution in [2.24, 2.45) is 9.98 Å². The molecule has 226 valence electrons. The fourth-order valence-corrected chi connectivity index (χ4v) is 2.65. The van der Waals surface area contributed by atoms with Crippen molar-refractivity contribution in [1.82, 2.24) is 0 Å². The van der Waals surface area contributed by atoms with Crippen LogP contribution < -0.4 is 10.2 Å². The molecule has 0 saturated carbocycles. The van der Waals surface area contributed by atoms with Crippen molar-refractivity contribution in [3.8, 4) is 11.5 Å². The number of phenols is 1. The standard InChI is InChI=1S/2C9H9NO3.3C6H5.Bi/c2*11-8-4-2-1-3-7(8)5-10-6-9(12)13;3*1-2-4-6-5-3-1;/h2*1-5,11H,6H2,(H,12,13);3*1-5H;/q;;;;;+2/p-2. The number of rotatable bonds is 6. The van der Waals surface area contributed by atoms with Crippen LogP contribution in [0.2, 0.25) is 0 Å². The van der Waals surface area contributed by atoms with Crippen LogP contribution in [0, 0.1) is 18.2 Å². The van der Waals surface area contributed by atoms with Gasteiger partial charge in [-0.05, 0) is 35.9 Å². The van der Waals surface area contributed by atoms with Gasteiger partial charge in [0.05, 0.1) is 12.5 Å². The van der Waals surface area contributed by atoms with Gasteiger partial charge in [-0.25, -0.2) is 0 Å². The summed E-state index contributed by atoms with van der Waals surface area (Å²) in [6.45, 7) is -0.706. The Morgan fingerprint density at radius 3 is 1.38 bits per heavy atom. The number of hydrogen-bond donors (Lipinski definition) is 2. The Morgan fingerprint density at radius 2 is 1.02 bits per heavy atom. The van der Waals surface area contributed by atoms with E-state index in [0.29, 0.717) is 11.1 Å². The Hall–Kier alpha value is -5.14. The third-order valence-corrected chi connectivity index (χ3v) is 4.58. The molecule has 0 heterocycles. The van der Waals surface area contributed by atoms with Gasteiger partial charge < -0.3 is 25.2 Å². The van der Waals surface area contributed by atoms with Crippen molar-refractivity contribution < 1.29 is 30.0 Å². The van der Waals surface area contributed by atoms with E-state index in [0.717, 1.165) is 0 Å². The van der Waals surface area contributed by atoms with Gasteiger partial charge >= 0.3 is 32.2 Å². The normalized spacial score (nSPS) is 9.24. The summed E-state index contributed by atoms with van der Waals surface area (Å²) in [7, 11) is 0. The van der Waals surface area contributed by atoms with Gasteiger partial charge in [0.25, 0.3) is 0 Å². The first-order valence-corrected chi connectivity index (χ1v) is 13.1. The second kappa shape index (κ2) is 27.7. The average molecular weight is 797 g/mol. The zero-order chi connectivity index (χ0) is 32.1. The number of para-hydroxylation sites is 2. The molecule has 5 rings (SSSR count). The number of carboxylic acid groups (broad SMARTS) is 2. The number of hydrogen-bond acceptors (Lipinski definition) is 7. The van der Waals surface area contributed by atoms with E-state index in [2.05, 4.69) is 28.2 Å². The van der Waals surface area contributed by atoms with Gasteiger partial charge in [0.15, 0.2) is 0 Å². The maximum absolute atomic E-state index is 11.0. The van der Waals surface area contributed by atoms with Crippen molar-refractivity contribution in [2.45, 2.75) is 0 Å². The predicted octanol–water partition coefficient (Wildman–Crippen LogP) is 3.90. The Balaban J connectivity index is 0.000000561. The molecule has 0 atom stereocenters. The SMILES string of the molecule is O=C(O)CN=Cc1ccccc1O.O=C([O-])CN=Cc1ccccc1[O-].[Bi+2].[c]1ccccc1.[c]1ccccc1.[c]1ccccc1. The van der Waals surface area contributed by atoms with E-state index >= 15 is 0 Å². The summed E-state index contributed by atoms with van der Waals surface area (Å²) < 4.78 is 0. The molecular weight excluding hydrogens is 765 g/mol. The molecule has 0 amide bonds. The first-order chi connectivity index (χ1) is 21.4. The third kappa shape index (κ3) is 24.0. The zero-order valence-corrected chi connectivity index (χ0v) is 27.7. The summed E-state index contributed by atoms with van der Waals surface area (Å²) in [5.74, 6) is -2.34. The van der Waals surface area contributed by atoms with Crippen LogP contribution in [0.5, 0.6) is 11.5 Å². The van der Waals surface area contributed by atoms with Crippen molar-refractivity contribution in [1.29, 1.82) is 0 Å². The molecule has 5 aromatic rings. The van der Waals surface area contributed by atoms with Gasteiger partial charge in [0, 0.05) is 18.0 Å². The van der Waals surface area contributed by atoms with Gasteiger partial charge in [-0.15, -0.1) is 5.75 Å². The zero-order valence-electron chi connectivity index (χ0n) is 24.2. The van der Waals surface area contributed by atoms with E-state index in [9.17, 15) is 24.9 Å². The molecule has 0 aliphatic rings. The number of nitrogens with zero attached hydrogens (tertiary/aromatic N) is 2. The van der Waals surface area contributed by atoms with Crippen LogP contribution in [0.3, 0.4) is 0 Å². The number of carboxylic acids is 2. The van der Waals surface area contributed by atoms with E-state index in [1.165, 1.54) is 24.6 Å². The Morgan fingerprint density at radius 1 is 0.622 bits per heavy atom. The third-order valence-electron chi connectivity index (χ3n) is 4.58.